The van der Waals surface area contributed by atoms with Crippen LogP contribution in [-0.2, 0) is 4.79 Å². The predicted molar refractivity (Wildman–Crippen MR) is 59.0 cm³/mol. The topological polar surface area (TPSA) is 20.3 Å². The van der Waals surface area contributed by atoms with Gasteiger partial charge in [0.1, 0.15) is 0 Å². The fourth-order valence-corrected chi connectivity index (χ4v) is 2.82. The van der Waals surface area contributed by atoms with Gasteiger partial charge in [0.15, 0.2) is 0 Å². The van der Waals surface area contributed by atoms with Crippen LogP contribution in [-0.4, -0.2) is 23.4 Å². The fraction of sp³-hybridized carbons (Fsp3) is 0.917. The van der Waals surface area contributed by atoms with E-state index in [0.717, 1.165) is 6.54 Å². The van der Waals surface area contributed by atoms with E-state index in [2.05, 4.69) is 25.7 Å². The van der Waals surface area contributed by atoms with Crippen LogP contribution in [0, 0.1) is 11.8 Å². The Kier molecular flexibility index (Phi) is 3.97. The molecule has 1 aliphatic rings. The highest BCUT2D eigenvalue weighted by molar-refractivity contribution is 5.73. The van der Waals surface area contributed by atoms with Crippen molar-refractivity contribution in [3.05, 3.63) is 0 Å². The van der Waals surface area contributed by atoms with Gasteiger partial charge in [-0.2, -0.15) is 0 Å². The molecule has 1 heterocycles. The van der Waals surface area contributed by atoms with Crippen molar-refractivity contribution < 1.29 is 4.79 Å². The zero-order valence-electron chi connectivity index (χ0n) is 9.92. The number of amides is 1. The maximum atomic E-state index is 11.5. The summed E-state index contributed by atoms with van der Waals surface area (Å²) < 4.78 is 0. The first-order valence-corrected chi connectivity index (χ1v) is 5.85. The van der Waals surface area contributed by atoms with Crippen molar-refractivity contribution >= 4 is 5.91 Å². The van der Waals surface area contributed by atoms with Gasteiger partial charge in [0, 0.05) is 19.5 Å². The fourth-order valence-electron chi connectivity index (χ4n) is 2.82. The standard InChI is InChI=1S/C12H23NO/c1-5-11-7-6-8-13(10(4)14)12(11)9(2)3/h9,11-12H,5-8H2,1-4H3. The van der Waals surface area contributed by atoms with Gasteiger partial charge in [0.2, 0.25) is 5.91 Å². The highest BCUT2D eigenvalue weighted by atomic mass is 16.2. The van der Waals surface area contributed by atoms with Gasteiger partial charge in [-0.1, -0.05) is 27.2 Å². The van der Waals surface area contributed by atoms with E-state index in [1.54, 1.807) is 6.92 Å². The average molecular weight is 197 g/mol. The predicted octanol–water partition coefficient (Wildman–Crippen LogP) is 2.68. The van der Waals surface area contributed by atoms with E-state index in [4.69, 9.17) is 0 Å². The summed E-state index contributed by atoms with van der Waals surface area (Å²) in [6.07, 6.45) is 3.68. The molecule has 1 saturated heterocycles. The van der Waals surface area contributed by atoms with Crippen LogP contribution in [0.2, 0.25) is 0 Å². The Hall–Kier alpha value is -0.530. The molecule has 0 spiro atoms. The third-order valence-electron chi connectivity index (χ3n) is 3.43. The van der Waals surface area contributed by atoms with Crippen LogP contribution >= 0.6 is 0 Å². The molecule has 1 amide bonds. The van der Waals surface area contributed by atoms with Crippen molar-refractivity contribution in [3.63, 3.8) is 0 Å². The molecule has 2 nitrogen and oxygen atoms in total. The van der Waals surface area contributed by atoms with E-state index in [0.29, 0.717) is 17.9 Å². The molecule has 2 heteroatoms. The molecule has 0 aromatic carbocycles. The second kappa shape index (κ2) is 4.81. The lowest BCUT2D eigenvalue weighted by Crippen LogP contribution is -2.50. The minimum atomic E-state index is 0.252. The van der Waals surface area contributed by atoms with E-state index in [1.807, 2.05) is 0 Å². The number of hydrogen-bond acceptors (Lipinski definition) is 1. The molecule has 1 rings (SSSR count). The lowest BCUT2D eigenvalue weighted by molar-refractivity contribution is -0.135. The number of carbonyl (C=O) groups excluding carboxylic acids is 1. The van der Waals surface area contributed by atoms with Crippen LogP contribution < -0.4 is 0 Å². The van der Waals surface area contributed by atoms with Crippen LogP contribution in [0.3, 0.4) is 0 Å². The van der Waals surface area contributed by atoms with E-state index in [1.165, 1.54) is 19.3 Å². The molecule has 2 atom stereocenters. The first kappa shape index (κ1) is 11.5. The summed E-state index contributed by atoms with van der Waals surface area (Å²) in [6.45, 7) is 9.37. The third-order valence-corrected chi connectivity index (χ3v) is 3.43. The van der Waals surface area contributed by atoms with Gasteiger partial charge in [0.25, 0.3) is 0 Å². The van der Waals surface area contributed by atoms with Crippen molar-refractivity contribution in [2.75, 3.05) is 6.54 Å². The number of carbonyl (C=O) groups is 1. The van der Waals surface area contributed by atoms with Gasteiger partial charge in [-0.05, 0) is 24.7 Å². The second-order valence-electron chi connectivity index (χ2n) is 4.76. The smallest absolute Gasteiger partial charge is 0.219 e. The molecule has 0 aromatic rings. The number of likely N-dealkylation sites (tertiary alicyclic amines) is 1. The van der Waals surface area contributed by atoms with Gasteiger partial charge >= 0.3 is 0 Å². The lowest BCUT2D eigenvalue weighted by Gasteiger charge is -2.43. The van der Waals surface area contributed by atoms with Crippen LogP contribution in [0.25, 0.3) is 0 Å². The van der Waals surface area contributed by atoms with Crippen molar-refractivity contribution in [1.82, 2.24) is 4.90 Å². The average Bonchev–Trinajstić information content (AvgIpc) is 2.16. The van der Waals surface area contributed by atoms with E-state index in [9.17, 15) is 4.79 Å². The van der Waals surface area contributed by atoms with Crippen LogP contribution in [0.5, 0.6) is 0 Å². The molecule has 82 valence electrons. The summed E-state index contributed by atoms with van der Waals surface area (Å²) in [5.74, 6) is 1.55. The zero-order chi connectivity index (χ0) is 10.7. The Labute approximate surface area is 87.7 Å². The van der Waals surface area contributed by atoms with E-state index < -0.39 is 0 Å². The zero-order valence-corrected chi connectivity index (χ0v) is 9.92. The first-order chi connectivity index (χ1) is 6.57. The van der Waals surface area contributed by atoms with Gasteiger partial charge in [-0.15, -0.1) is 0 Å². The van der Waals surface area contributed by atoms with Crippen molar-refractivity contribution in [3.8, 4) is 0 Å². The van der Waals surface area contributed by atoms with Crippen LogP contribution in [0.15, 0.2) is 0 Å². The summed E-state index contributed by atoms with van der Waals surface area (Å²) in [7, 11) is 0. The Morgan fingerprint density at radius 2 is 2.14 bits per heavy atom. The van der Waals surface area contributed by atoms with E-state index >= 15 is 0 Å². The minimum Gasteiger partial charge on any atom is -0.339 e. The maximum absolute atomic E-state index is 11.5. The Bertz CT molecular complexity index is 200. The summed E-state index contributed by atoms with van der Waals surface area (Å²) >= 11 is 0. The minimum absolute atomic E-state index is 0.252. The van der Waals surface area contributed by atoms with Crippen molar-refractivity contribution in [1.29, 1.82) is 0 Å². The molecule has 0 aliphatic carbocycles. The Morgan fingerprint density at radius 1 is 1.50 bits per heavy atom. The summed E-state index contributed by atoms with van der Waals surface area (Å²) in [5.41, 5.74) is 0. The highest BCUT2D eigenvalue weighted by Crippen LogP contribution is 2.30. The Morgan fingerprint density at radius 3 is 2.57 bits per heavy atom. The normalized spacial score (nSPS) is 28.2. The summed E-state index contributed by atoms with van der Waals surface area (Å²) in [4.78, 5) is 13.6. The molecule has 0 saturated carbocycles. The number of nitrogens with zero attached hydrogens (tertiary/aromatic N) is 1. The molecular formula is C12H23NO. The number of piperidine rings is 1. The van der Waals surface area contributed by atoms with Crippen molar-refractivity contribution in [2.45, 2.75) is 53.0 Å². The largest absolute Gasteiger partial charge is 0.339 e. The van der Waals surface area contributed by atoms with Crippen molar-refractivity contribution in [2.24, 2.45) is 11.8 Å². The van der Waals surface area contributed by atoms with Gasteiger partial charge < -0.3 is 4.90 Å². The molecule has 0 aromatic heterocycles. The van der Waals surface area contributed by atoms with Gasteiger partial charge in [-0.25, -0.2) is 0 Å². The molecule has 1 fully saturated rings. The summed E-state index contributed by atoms with van der Waals surface area (Å²) in [5, 5.41) is 0. The maximum Gasteiger partial charge on any atom is 0.219 e. The second-order valence-corrected chi connectivity index (χ2v) is 4.76. The van der Waals surface area contributed by atoms with Crippen LogP contribution in [0.1, 0.15) is 47.0 Å². The lowest BCUT2D eigenvalue weighted by atomic mass is 9.81. The van der Waals surface area contributed by atoms with Crippen LogP contribution in [0.4, 0.5) is 0 Å². The number of rotatable bonds is 2. The molecule has 1 aliphatic heterocycles. The van der Waals surface area contributed by atoms with Gasteiger partial charge in [-0.3, -0.25) is 4.79 Å². The molecule has 14 heavy (non-hydrogen) atoms. The third kappa shape index (κ3) is 2.28. The molecule has 0 N–H and O–H groups in total. The van der Waals surface area contributed by atoms with Gasteiger partial charge in [0.05, 0.1) is 0 Å². The van der Waals surface area contributed by atoms with E-state index in [-0.39, 0.29) is 5.91 Å². The molecule has 0 radical (unpaired) electrons. The monoisotopic (exact) mass is 197 g/mol. The number of hydrogen-bond donors (Lipinski definition) is 0. The first-order valence-electron chi connectivity index (χ1n) is 5.85. The summed E-state index contributed by atoms with van der Waals surface area (Å²) in [6, 6.07) is 0.478. The Balaban J connectivity index is 2.77. The SMILES string of the molecule is CCC1CCCN(C(C)=O)C1C(C)C. The quantitative estimate of drug-likeness (QED) is 0.666. The molecular weight excluding hydrogens is 174 g/mol. The molecule has 0 bridgehead atoms. The highest BCUT2D eigenvalue weighted by Gasteiger charge is 2.33. The molecule has 2 unspecified atom stereocenters.